The Bertz CT molecular complexity index is 1050. The molecule has 0 spiro atoms. The van der Waals surface area contributed by atoms with Gasteiger partial charge in [0.1, 0.15) is 17.0 Å². The van der Waals surface area contributed by atoms with Crippen molar-refractivity contribution < 1.29 is 0 Å². The van der Waals surface area contributed by atoms with Crippen LogP contribution in [0.2, 0.25) is 0 Å². The zero-order chi connectivity index (χ0) is 16.7. The number of hydrogen-bond donors (Lipinski definition) is 1. The molecule has 4 rings (SSSR count). The highest BCUT2D eigenvalue weighted by atomic mass is 32.2. The molecular formula is C15H13N5OS3. The Balaban J connectivity index is 1.74. The molecule has 0 aliphatic rings. The highest BCUT2D eigenvalue weighted by Crippen LogP contribution is 2.35. The average Bonchev–Trinajstić information content (AvgIpc) is 3.28. The molecule has 0 aliphatic heterocycles. The van der Waals surface area contributed by atoms with Gasteiger partial charge in [-0.25, -0.2) is 4.98 Å². The minimum Gasteiger partial charge on any atom is -0.312 e. The summed E-state index contributed by atoms with van der Waals surface area (Å²) in [4.78, 5) is 22.1. The summed E-state index contributed by atoms with van der Waals surface area (Å²) in [7, 11) is 1.89. The van der Waals surface area contributed by atoms with Crippen LogP contribution in [0, 0.1) is 0 Å². The first-order valence-electron chi connectivity index (χ1n) is 7.19. The summed E-state index contributed by atoms with van der Waals surface area (Å²) < 4.78 is 1.85. The summed E-state index contributed by atoms with van der Waals surface area (Å²) in [5, 5.41) is 13.4. The number of fused-ring (bicyclic) bond motifs is 1. The average molecular weight is 376 g/mol. The normalized spacial score (nSPS) is 12.8. The number of aryl methyl sites for hydroxylation is 1. The van der Waals surface area contributed by atoms with Gasteiger partial charge in [-0.3, -0.25) is 4.79 Å². The number of nitrogens with one attached hydrogen (secondary N) is 1. The van der Waals surface area contributed by atoms with Crippen LogP contribution in [0.4, 0.5) is 0 Å². The Hall–Kier alpha value is -1.97. The molecule has 1 atom stereocenters. The highest BCUT2D eigenvalue weighted by molar-refractivity contribution is 7.99. The molecule has 24 heavy (non-hydrogen) atoms. The zero-order valence-electron chi connectivity index (χ0n) is 12.9. The summed E-state index contributed by atoms with van der Waals surface area (Å²) >= 11 is 4.64. The van der Waals surface area contributed by atoms with E-state index in [2.05, 4.69) is 20.2 Å². The molecule has 0 fully saturated rings. The van der Waals surface area contributed by atoms with Crippen molar-refractivity contribution in [1.29, 1.82) is 0 Å². The number of aromatic amines is 1. The van der Waals surface area contributed by atoms with E-state index in [4.69, 9.17) is 0 Å². The van der Waals surface area contributed by atoms with Gasteiger partial charge >= 0.3 is 0 Å². The minimum atomic E-state index is -0.0925. The summed E-state index contributed by atoms with van der Waals surface area (Å²) in [5.74, 6) is 0.653. The number of thiophene rings is 2. The fourth-order valence-electron chi connectivity index (χ4n) is 2.36. The summed E-state index contributed by atoms with van der Waals surface area (Å²) in [5.41, 5.74) is 0.865. The van der Waals surface area contributed by atoms with Gasteiger partial charge in [-0.2, -0.15) is 0 Å². The number of aromatic nitrogens is 5. The molecule has 4 heterocycles. The summed E-state index contributed by atoms with van der Waals surface area (Å²) in [6.07, 6.45) is 1.65. The topological polar surface area (TPSA) is 76.5 Å². The zero-order valence-corrected chi connectivity index (χ0v) is 15.3. The molecule has 0 amide bonds. The van der Waals surface area contributed by atoms with Crippen molar-refractivity contribution in [2.45, 2.75) is 17.3 Å². The molecule has 4 aromatic rings. The Kier molecular flexibility index (Phi) is 3.99. The predicted molar refractivity (Wildman–Crippen MR) is 98.8 cm³/mol. The Morgan fingerprint density at radius 1 is 1.38 bits per heavy atom. The Morgan fingerprint density at radius 2 is 2.25 bits per heavy atom. The lowest BCUT2D eigenvalue weighted by Gasteiger charge is -2.09. The number of nitrogens with zero attached hydrogens (tertiary/aromatic N) is 4. The van der Waals surface area contributed by atoms with Crippen molar-refractivity contribution in [3.63, 3.8) is 0 Å². The van der Waals surface area contributed by atoms with Gasteiger partial charge in [-0.1, -0.05) is 17.8 Å². The predicted octanol–water partition coefficient (Wildman–Crippen LogP) is 3.69. The van der Waals surface area contributed by atoms with Crippen LogP contribution in [0.25, 0.3) is 20.7 Å². The lowest BCUT2D eigenvalue weighted by atomic mass is 10.2. The van der Waals surface area contributed by atoms with E-state index in [0.29, 0.717) is 11.2 Å². The van der Waals surface area contributed by atoms with Gasteiger partial charge in [0.05, 0.1) is 10.6 Å². The fraction of sp³-hybridized carbons (Fsp3) is 0.200. The second kappa shape index (κ2) is 6.15. The molecule has 4 aromatic heterocycles. The third-order valence-electron chi connectivity index (χ3n) is 3.59. The van der Waals surface area contributed by atoms with Crippen LogP contribution in [0.5, 0.6) is 0 Å². The third kappa shape index (κ3) is 2.68. The summed E-state index contributed by atoms with van der Waals surface area (Å²) in [6.45, 7) is 2.00. The molecule has 9 heteroatoms. The monoisotopic (exact) mass is 375 g/mol. The number of rotatable bonds is 4. The largest absolute Gasteiger partial charge is 0.312 e. The standard InChI is InChI=1S/C15H13N5OS3/c1-8(24-15-19-16-7-20(15)2)12-17-13(21)11-9(6-23-14(11)18-12)10-4-3-5-22-10/h3-8H,1-2H3,(H,17,18,21). The van der Waals surface area contributed by atoms with Gasteiger partial charge in [-0.05, 0) is 18.4 Å². The maximum atomic E-state index is 12.6. The van der Waals surface area contributed by atoms with E-state index in [1.807, 2.05) is 41.4 Å². The van der Waals surface area contributed by atoms with Crippen LogP contribution in [0.1, 0.15) is 18.0 Å². The van der Waals surface area contributed by atoms with Crippen LogP contribution in [-0.4, -0.2) is 24.7 Å². The van der Waals surface area contributed by atoms with Crippen LogP contribution in [0.15, 0.2) is 39.2 Å². The van der Waals surface area contributed by atoms with Gasteiger partial charge in [0.25, 0.3) is 5.56 Å². The Morgan fingerprint density at radius 3 is 2.96 bits per heavy atom. The molecular weight excluding hydrogens is 362 g/mol. The van der Waals surface area contributed by atoms with E-state index in [1.54, 1.807) is 17.7 Å². The molecule has 1 unspecified atom stereocenters. The number of H-pyrrole nitrogens is 1. The molecule has 0 aliphatic carbocycles. The maximum absolute atomic E-state index is 12.6. The first kappa shape index (κ1) is 15.6. The molecule has 0 aromatic carbocycles. The van der Waals surface area contributed by atoms with E-state index < -0.39 is 0 Å². The molecule has 0 saturated carbocycles. The maximum Gasteiger partial charge on any atom is 0.260 e. The second-order valence-corrected chi connectivity index (χ2v) is 8.36. The molecule has 0 saturated heterocycles. The lowest BCUT2D eigenvalue weighted by molar-refractivity contribution is 0.781. The van der Waals surface area contributed by atoms with Crippen molar-refractivity contribution >= 4 is 44.7 Å². The first-order valence-corrected chi connectivity index (χ1v) is 9.83. The molecule has 0 bridgehead atoms. The van der Waals surface area contributed by atoms with Gasteiger partial charge < -0.3 is 9.55 Å². The van der Waals surface area contributed by atoms with Crippen LogP contribution in [-0.2, 0) is 7.05 Å². The highest BCUT2D eigenvalue weighted by Gasteiger charge is 2.18. The van der Waals surface area contributed by atoms with Crippen molar-refractivity contribution in [3.05, 3.63) is 45.4 Å². The van der Waals surface area contributed by atoms with Gasteiger partial charge in [0, 0.05) is 22.9 Å². The van der Waals surface area contributed by atoms with Crippen LogP contribution in [0.3, 0.4) is 0 Å². The molecule has 1 N–H and O–H groups in total. The van der Waals surface area contributed by atoms with Crippen molar-refractivity contribution in [2.75, 3.05) is 0 Å². The van der Waals surface area contributed by atoms with Gasteiger partial charge in [0.2, 0.25) is 0 Å². The van der Waals surface area contributed by atoms with Crippen LogP contribution < -0.4 is 5.56 Å². The first-order chi connectivity index (χ1) is 11.6. The van der Waals surface area contributed by atoms with E-state index in [0.717, 1.165) is 20.4 Å². The van der Waals surface area contributed by atoms with Crippen molar-refractivity contribution in [2.24, 2.45) is 7.05 Å². The third-order valence-corrected chi connectivity index (χ3v) is 6.52. The lowest BCUT2D eigenvalue weighted by Crippen LogP contribution is -2.12. The summed E-state index contributed by atoms with van der Waals surface area (Å²) in [6, 6.07) is 4.01. The van der Waals surface area contributed by atoms with Crippen molar-refractivity contribution in [3.8, 4) is 10.4 Å². The molecule has 122 valence electrons. The number of thioether (sulfide) groups is 1. The van der Waals surface area contributed by atoms with Crippen LogP contribution >= 0.6 is 34.4 Å². The Labute approximate surface area is 149 Å². The van der Waals surface area contributed by atoms with E-state index in [-0.39, 0.29) is 10.8 Å². The fourth-order valence-corrected chi connectivity index (χ4v) is 4.98. The van der Waals surface area contributed by atoms with Gasteiger partial charge in [-0.15, -0.1) is 32.9 Å². The van der Waals surface area contributed by atoms with Gasteiger partial charge in [0.15, 0.2) is 5.16 Å². The second-order valence-electron chi connectivity index (χ2n) is 5.24. The van der Waals surface area contributed by atoms with E-state index in [9.17, 15) is 4.79 Å². The molecule has 6 nitrogen and oxygen atoms in total. The number of hydrogen-bond acceptors (Lipinski definition) is 7. The minimum absolute atomic E-state index is 0.0303. The SMILES string of the molecule is CC(Sc1nncn1C)c1nc2scc(-c3cccs3)c2c(=O)[nH]1. The van der Waals surface area contributed by atoms with Crippen molar-refractivity contribution in [1.82, 2.24) is 24.7 Å². The van der Waals surface area contributed by atoms with E-state index in [1.165, 1.54) is 23.1 Å². The quantitative estimate of drug-likeness (QED) is 0.551. The molecule has 0 radical (unpaired) electrons. The van der Waals surface area contributed by atoms with E-state index >= 15 is 0 Å². The smallest absolute Gasteiger partial charge is 0.260 e.